The van der Waals surface area contributed by atoms with Gasteiger partial charge in [0.1, 0.15) is 11.3 Å². The van der Waals surface area contributed by atoms with Gasteiger partial charge in [0, 0.05) is 33.3 Å². The molecular weight excluding hydrogens is 454 g/mol. The molecule has 2 fully saturated rings. The second kappa shape index (κ2) is 10.3. The molecule has 0 radical (unpaired) electrons. The summed E-state index contributed by atoms with van der Waals surface area (Å²) in [4.78, 5) is 33.1. The molecule has 0 atom stereocenters. The second-order valence-electron chi connectivity index (χ2n) is 9.61. The molecule has 7 nitrogen and oxygen atoms in total. The Morgan fingerprint density at radius 1 is 0.861 bits per heavy atom. The molecule has 7 heteroatoms. The lowest BCUT2D eigenvalue weighted by atomic mass is 9.85. The number of fused-ring (bicyclic) bond motifs is 1. The van der Waals surface area contributed by atoms with Gasteiger partial charge in [0.15, 0.2) is 0 Å². The Bertz CT molecular complexity index is 1230. The van der Waals surface area contributed by atoms with E-state index in [9.17, 15) is 9.59 Å². The third-order valence-corrected chi connectivity index (χ3v) is 7.60. The molecule has 3 aromatic rings. The maximum atomic E-state index is 13.9. The highest BCUT2D eigenvalue weighted by molar-refractivity contribution is 6.07. The van der Waals surface area contributed by atoms with Gasteiger partial charge in [-0.25, -0.2) is 4.79 Å². The fraction of sp³-hybridized carbons (Fsp3) is 0.379. The number of urea groups is 1. The van der Waals surface area contributed by atoms with Crippen molar-refractivity contribution in [1.29, 1.82) is 0 Å². The topological polar surface area (TPSA) is 62.3 Å². The molecule has 0 aromatic heterocycles. The van der Waals surface area contributed by atoms with Crippen molar-refractivity contribution in [1.82, 2.24) is 14.7 Å². The summed E-state index contributed by atoms with van der Waals surface area (Å²) < 4.78 is 10.6. The summed E-state index contributed by atoms with van der Waals surface area (Å²) in [5, 5.41) is 2.17. The van der Waals surface area contributed by atoms with Gasteiger partial charge >= 0.3 is 6.03 Å². The van der Waals surface area contributed by atoms with Gasteiger partial charge < -0.3 is 14.4 Å². The average Bonchev–Trinajstić information content (AvgIpc) is 3.10. The predicted molar refractivity (Wildman–Crippen MR) is 139 cm³/mol. The number of carbonyl (C=O) groups is 2. The molecule has 2 saturated heterocycles. The van der Waals surface area contributed by atoms with Crippen LogP contribution in [-0.2, 0) is 22.6 Å². The molecule has 3 aromatic carbocycles. The number of ether oxygens (including phenoxy) is 2. The van der Waals surface area contributed by atoms with Gasteiger partial charge in [-0.1, -0.05) is 54.6 Å². The molecule has 188 valence electrons. The van der Waals surface area contributed by atoms with Crippen LogP contribution < -0.4 is 4.74 Å². The number of hydrogen-bond acceptors (Lipinski definition) is 5. The van der Waals surface area contributed by atoms with E-state index in [-0.39, 0.29) is 18.5 Å². The van der Waals surface area contributed by atoms with Crippen LogP contribution in [0.4, 0.5) is 4.79 Å². The molecule has 3 amide bonds. The molecule has 0 aliphatic carbocycles. The number of hydrogen-bond donors (Lipinski definition) is 0. The van der Waals surface area contributed by atoms with Crippen molar-refractivity contribution in [2.45, 2.75) is 31.5 Å². The smallest absolute Gasteiger partial charge is 0.328 e. The van der Waals surface area contributed by atoms with Crippen molar-refractivity contribution < 1.29 is 19.1 Å². The van der Waals surface area contributed by atoms with Gasteiger partial charge in [0.25, 0.3) is 5.91 Å². The predicted octanol–water partition coefficient (Wildman–Crippen LogP) is 4.29. The molecule has 36 heavy (non-hydrogen) atoms. The summed E-state index contributed by atoms with van der Waals surface area (Å²) in [7, 11) is 3.29. The molecule has 2 aliphatic heterocycles. The zero-order valence-corrected chi connectivity index (χ0v) is 21.0. The molecule has 2 heterocycles. The summed E-state index contributed by atoms with van der Waals surface area (Å²) in [6.07, 6.45) is 1.23. The Labute approximate surface area is 212 Å². The van der Waals surface area contributed by atoms with Crippen molar-refractivity contribution in [3.05, 3.63) is 77.9 Å². The normalized spacial score (nSPS) is 17.9. The third kappa shape index (κ3) is 4.45. The van der Waals surface area contributed by atoms with E-state index >= 15 is 0 Å². The molecule has 2 aliphatic rings. The number of imide groups is 1. The summed E-state index contributed by atoms with van der Waals surface area (Å²) in [6, 6.07) is 22.0. The maximum absolute atomic E-state index is 13.9. The van der Waals surface area contributed by atoms with E-state index in [1.165, 1.54) is 10.5 Å². The van der Waals surface area contributed by atoms with Crippen LogP contribution in [0.1, 0.15) is 24.0 Å². The lowest BCUT2D eigenvalue weighted by molar-refractivity contribution is -0.136. The minimum Gasteiger partial charge on any atom is -0.497 e. The molecule has 0 unspecified atom stereocenters. The fourth-order valence-electron chi connectivity index (χ4n) is 5.57. The van der Waals surface area contributed by atoms with Crippen LogP contribution in [0.3, 0.4) is 0 Å². The number of carbonyl (C=O) groups excluding carboxylic acids is 2. The SMILES string of the molecule is COCCN1C(=O)N(Cc2cccc3ccccc23)C(=O)C12CCN(Cc1ccc(OC)cc1)CC2. The number of methoxy groups -OCH3 is 2. The van der Waals surface area contributed by atoms with Gasteiger partial charge in [-0.05, 0) is 46.9 Å². The van der Waals surface area contributed by atoms with Crippen molar-refractivity contribution in [2.75, 3.05) is 40.5 Å². The van der Waals surface area contributed by atoms with E-state index in [2.05, 4.69) is 29.2 Å². The van der Waals surface area contributed by atoms with E-state index in [1.807, 2.05) is 42.5 Å². The summed E-state index contributed by atoms with van der Waals surface area (Å²) in [5.41, 5.74) is 1.38. The van der Waals surface area contributed by atoms with Crippen molar-refractivity contribution in [3.8, 4) is 5.75 Å². The monoisotopic (exact) mass is 487 g/mol. The first kappa shape index (κ1) is 24.3. The van der Waals surface area contributed by atoms with Gasteiger partial charge in [-0.3, -0.25) is 14.6 Å². The minimum absolute atomic E-state index is 0.0827. The van der Waals surface area contributed by atoms with Crippen LogP contribution in [0.25, 0.3) is 10.8 Å². The zero-order valence-electron chi connectivity index (χ0n) is 21.0. The standard InChI is InChI=1S/C29H33N3O4/c1-35-19-18-32-28(34)31(21-24-8-5-7-23-6-3-4-9-26(23)24)27(33)29(32)14-16-30(17-15-29)20-22-10-12-25(36-2)13-11-22/h3-13H,14-21H2,1-2H3. The number of benzene rings is 3. The molecular formula is C29H33N3O4. The van der Waals surface area contributed by atoms with E-state index in [4.69, 9.17) is 9.47 Å². The molecule has 0 N–H and O–H groups in total. The number of nitrogens with zero attached hydrogens (tertiary/aromatic N) is 3. The molecule has 1 spiro atoms. The third-order valence-electron chi connectivity index (χ3n) is 7.60. The zero-order chi connectivity index (χ0) is 25.1. The lowest BCUT2D eigenvalue weighted by Crippen LogP contribution is -2.57. The lowest BCUT2D eigenvalue weighted by Gasteiger charge is -2.42. The van der Waals surface area contributed by atoms with Gasteiger partial charge in [0.2, 0.25) is 0 Å². The number of likely N-dealkylation sites (tertiary alicyclic amines) is 1. The molecule has 5 rings (SSSR count). The number of rotatable bonds is 8. The molecule has 0 bridgehead atoms. The number of amides is 3. The summed E-state index contributed by atoms with van der Waals surface area (Å²) in [6.45, 7) is 3.39. The van der Waals surface area contributed by atoms with Crippen LogP contribution in [-0.4, -0.2) is 72.6 Å². The van der Waals surface area contributed by atoms with E-state index in [0.717, 1.165) is 41.7 Å². The Morgan fingerprint density at radius 3 is 2.31 bits per heavy atom. The number of piperidine rings is 1. The highest BCUT2D eigenvalue weighted by atomic mass is 16.5. The van der Waals surface area contributed by atoms with Crippen molar-refractivity contribution >= 4 is 22.7 Å². The van der Waals surface area contributed by atoms with Crippen molar-refractivity contribution in [2.24, 2.45) is 0 Å². The quantitative estimate of drug-likeness (QED) is 0.444. The summed E-state index contributed by atoms with van der Waals surface area (Å²) in [5.74, 6) is 0.757. The van der Waals surface area contributed by atoms with Crippen LogP contribution in [0.5, 0.6) is 5.75 Å². The van der Waals surface area contributed by atoms with Crippen LogP contribution in [0.15, 0.2) is 66.7 Å². The Hall–Kier alpha value is -3.42. The van der Waals surface area contributed by atoms with E-state index in [0.29, 0.717) is 26.0 Å². The summed E-state index contributed by atoms with van der Waals surface area (Å²) >= 11 is 0. The van der Waals surface area contributed by atoms with Gasteiger partial charge in [-0.15, -0.1) is 0 Å². The fourth-order valence-corrected chi connectivity index (χ4v) is 5.57. The van der Waals surface area contributed by atoms with Crippen molar-refractivity contribution in [3.63, 3.8) is 0 Å². The average molecular weight is 488 g/mol. The van der Waals surface area contributed by atoms with E-state index < -0.39 is 5.54 Å². The second-order valence-corrected chi connectivity index (χ2v) is 9.61. The largest absolute Gasteiger partial charge is 0.497 e. The molecule has 0 saturated carbocycles. The first-order valence-corrected chi connectivity index (χ1v) is 12.5. The van der Waals surface area contributed by atoms with Crippen LogP contribution in [0, 0.1) is 0 Å². The highest BCUT2D eigenvalue weighted by Crippen LogP contribution is 2.38. The Balaban J connectivity index is 1.35. The Morgan fingerprint density at radius 2 is 1.58 bits per heavy atom. The van der Waals surface area contributed by atoms with Crippen LogP contribution >= 0.6 is 0 Å². The maximum Gasteiger partial charge on any atom is 0.328 e. The van der Waals surface area contributed by atoms with Gasteiger partial charge in [-0.2, -0.15) is 0 Å². The Kier molecular flexibility index (Phi) is 6.94. The first-order chi connectivity index (χ1) is 17.6. The highest BCUT2D eigenvalue weighted by Gasteiger charge is 2.57. The first-order valence-electron chi connectivity index (χ1n) is 12.5. The van der Waals surface area contributed by atoms with E-state index in [1.54, 1.807) is 19.1 Å². The van der Waals surface area contributed by atoms with Gasteiger partial charge in [0.05, 0.1) is 20.3 Å². The van der Waals surface area contributed by atoms with Crippen LogP contribution in [0.2, 0.25) is 0 Å². The minimum atomic E-state index is -0.809.